The second-order valence-corrected chi connectivity index (χ2v) is 6.85. The number of halogens is 1. The highest BCUT2D eigenvalue weighted by atomic mass is 35.5. The lowest BCUT2D eigenvalue weighted by atomic mass is 9.78. The smallest absolute Gasteiger partial charge is 0.000525 e. The number of rotatable bonds is 4. The van der Waals surface area contributed by atoms with Crippen LogP contribution in [0.5, 0.6) is 0 Å². The SMILES string of the molecule is CCc1ccc(-c2ccc(C3CCC(/C=C/Cl)CC3)cc2)cc1. The van der Waals surface area contributed by atoms with Crippen LogP contribution in [-0.4, -0.2) is 0 Å². The van der Waals surface area contributed by atoms with Crippen molar-refractivity contribution in [1.82, 2.24) is 0 Å². The molecule has 1 aliphatic rings. The molecule has 0 N–H and O–H groups in total. The summed E-state index contributed by atoms with van der Waals surface area (Å²) in [5.41, 5.74) is 7.20. The molecule has 0 spiro atoms. The van der Waals surface area contributed by atoms with E-state index in [0.717, 1.165) is 6.42 Å². The Labute approximate surface area is 145 Å². The van der Waals surface area contributed by atoms with Gasteiger partial charge >= 0.3 is 0 Å². The molecule has 1 fully saturated rings. The van der Waals surface area contributed by atoms with Crippen molar-refractivity contribution in [1.29, 1.82) is 0 Å². The Hall–Kier alpha value is -1.53. The van der Waals surface area contributed by atoms with Crippen LogP contribution in [0, 0.1) is 5.92 Å². The second kappa shape index (κ2) is 7.84. The third kappa shape index (κ3) is 4.06. The summed E-state index contributed by atoms with van der Waals surface area (Å²) < 4.78 is 0. The summed E-state index contributed by atoms with van der Waals surface area (Å²) in [6.45, 7) is 2.20. The minimum atomic E-state index is 0.681. The van der Waals surface area contributed by atoms with Crippen LogP contribution >= 0.6 is 11.6 Å². The van der Waals surface area contributed by atoms with Gasteiger partial charge in [0, 0.05) is 5.54 Å². The molecular formula is C22H25Cl. The third-order valence-corrected chi connectivity index (χ3v) is 5.34. The Morgan fingerprint density at radius 1 is 0.870 bits per heavy atom. The third-order valence-electron chi connectivity index (χ3n) is 5.19. The van der Waals surface area contributed by atoms with Gasteiger partial charge in [0.2, 0.25) is 0 Å². The van der Waals surface area contributed by atoms with Crippen molar-refractivity contribution in [3.63, 3.8) is 0 Å². The van der Waals surface area contributed by atoms with Crippen LogP contribution in [0.15, 0.2) is 60.1 Å². The van der Waals surface area contributed by atoms with Gasteiger partial charge in [0.25, 0.3) is 0 Å². The van der Waals surface area contributed by atoms with Crippen molar-refractivity contribution in [3.8, 4) is 11.1 Å². The fourth-order valence-corrected chi connectivity index (χ4v) is 3.83. The average molecular weight is 325 g/mol. The zero-order chi connectivity index (χ0) is 16.1. The van der Waals surface area contributed by atoms with Gasteiger partial charge in [-0.15, -0.1) is 0 Å². The predicted octanol–water partition coefficient (Wildman–Crippen LogP) is 6.94. The van der Waals surface area contributed by atoms with Crippen molar-refractivity contribution in [2.24, 2.45) is 5.92 Å². The molecule has 0 nitrogen and oxygen atoms in total. The Balaban J connectivity index is 1.67. The lowest BCUT2D eigenvalue weighted by Crippen LogP contribution is -2.11. The van der Waals surface area contributed by atoms with Crippen LogP contribution in [0.2, 0.25) is 0 Å². The largest absolute Gasteiger partial charge is 0.0933 e. The van der Waals surface area contributed by atoms with Crippen molar-refractivity contribution in [3.05, 3.63) is 71.3 Å². The standard InChI is InChI=1S/C22H25Cl/c1-2-17-3-7-19(8-4-17)21-11-13-22(14-12-21)20-9-5-18(6-10-20)15-16-23/h3-4,7-8,11-16,18,20H,2,5-6,9-10H2,1H3/b16-15+. The van der Waals surface area contributed by atoms with Crippen LogP contribution in [0.1, 0.15) is 49.7 Å². The van der Waals surface area contributed by atoms with Gasteiger partial charge in [-0.2, -0.15) is 0 Å². The van der Waals surface area contributed by atoms with E-state index in [4.69, 9.17) is 11.6 Å². The monoisotopic (exact) mass is 324 g/mol. The fourth-order valence-electron chi connectivity index (χ4n) is 3.63. The van der Waals surface area contributed by atoms with Crippen molar-refractivity contribution in [2.45, 2.75) is 44.9 Å². The highest BCUT2D eigenvalue weighted by molar-refractivity contribution is 6.25. The van der Waals surface area contributed by atoms with Gasteiger partial charge in [-0.1, -0.05) is 73.1 Å². The van der Waals surface area contributed by atoms with E-state index in [9.17, 15) is 0 Å². The zero-order valence-electron chi connectivity index (χ0n) is 13.8. The first-order chi connectivity index (χ1) is 11.3. The normalized spacial score (nSPS) is 21.7. The second-order valence-electron chi connectivity index (χ2n) is 6.60. The fraction of sp³-hybridized carbons (Fsp3) is 0.364. The van der Waals surface area contributed by atoms with Crippen LogP contribution in [0.3, 0.4) is 0 Å². The van der Waals surface area contributed by atoms with Crippen LogP contribution in [0.4, 0.5) is 0 Å². The van der Waals surface area contributed by atoms with Gasteiger partial charge in [0.05, 0.1) is 0 Å². The topological polar surface area (TPSA) is 0 Å². The number of hydrogen-bond acceptors (Lipinski definition) is 0. The maximum atomic E-state index is 5.70. The van der Waals surface area contributed by atoms with E-state index < -0.39 is 0 Å². The summed E-state index contributed by atoms with van der Waals surface area (Å²) in [4.78, 5) is 0. The zero-order valence-corrected chi connectivity index (χ0v) is 14.6. The van der Waals surface area contributed by atoms with E-state index in [1.165, 1.54) is 47.9 Å². The molecule has 0 saturated heterocycles. The van der Waals surface area contributed by atoms with Gasteiger partial charge in [-0.05, 0) is 66.2 Å². The van der Waals surface area contributed by atoms with Crippen LogP contribution in [-0.2, 0) is 6.42 Å². The van der Waals surface area contributed by atoms with E-state index in [-0.39, 0.29) is 0 Å². The lowest BCUT2D eigenvalue weighted by molar-refractivity contribution is 0.376. The number of hydrogen-bond donors (Lipinski definition) is 0. The van der Waals surface area contributed by atoms with Gasteiger partial charge in [0.15, 0.2) is 0 Å². The van der Waals surface area contributed by atoms with Gasteiger partial charge < -0.3 is 0 Å². The van der Waals surface area contributed by atoms with Gasteiger partial charge in [0.1, 0.15) is 0 Å². The molecule has 0 radical (unpaired) electrons. The summed E-state index contributed by atoms with van der Waals surface area (Å²) in [5.74, 6) is 1.39. The molecule has 1 saturated carbocycles. The predicted molar refractivity (Wildman–Crippen MR) is 101 cm³/mol. The summed E-state index contributed by atoms with van der Waals surface area (Å²) in [7, 11) is 0. The average Bonchev–Trinajstić information content (AvgIpc) is 2.63. The maximum absolute atomic E-state index is 5.70. The lowest BCUT2D eigenvalue weighted by Gasteiger charge is -2.27. The van der Waals surface area contributed by atoms with E-state index in [0.29, 0.717) is 11.8 Å². The molecule has 2 aromatic rings. The Morgan fingerprint density at radius 3 is 1.96 bits per heavy atom. The van der Waals surface area contributed by atoms with Crippen molar-refractivity contribution >= 4 is 11.6 Å². The van der Waals surface area contributed by atoms with Crippen molar-refractivity contribution < 1.29 is 0 Å². The van der Waals surface area contributed by atoms with E-state index in [2.05, 4.69) is 61.5 Å². The molecule has 1 heteroatoms. The molecule has 3 rings (SSSR count). The first-order valence-electron chi connectivity index (χ1n) is 8.76. The molecular weight excluding hydrogens is 300 g/mol. The minimum Gasteiger partial charge on any atom is -0.0933 e. The quantitative estimate of drug-likeness (QED) is 0.571. The summed E-state index contributed by atoms with van der Waals surface area (Å²) in [5, 5.41) is 0. The number of aryl methyl sites for hydroxylation is 1. The number of allylic oxidation sites excluding steroid dienone is 1. The molecule has 0 atom stereocenters. The Kier molecular flexibility index (Phi) is 5.56. The molecule has 0 aliphatic heterocycles. The van der Waals surface area contributed by atoms with Gasteiger partial charge in [-0.25, -0.2) is 0 Å². The molecule has 0 bridgehead atoms. The van der Waals surface area contributed by atoms with Crippen molar-refractivity contribution in [2.75, 3.05) is 0 Å². The van der Waals surface area contributed by atoms with Crippen LogP contribution in [0.25, 0.3) is 11.1 Å². The Bertz CT molecular complexity index is 629. The van der Waals surface area contributed by atoms with E-state index in [1.54, 1.807) is 5.54 Å². The molecule has 120 valence electrons. The highest BCUT2D eigenvalue weighted by Gasteiger charge is 2.20. The maximum Gasteiger partial charge on any atom is 0.000525 e. The minimum absolute atomic E-state index is 0.681. The molecule has 0 unspecified atom stereocenters. The molecule has 0 heterocycles. The summed E-state index contributed by atoms with van der Waals surface area (Å²) >= 11 is 5.70. The van der Waals surface area contributed by atoms with Gasteiger partial charge in [-0.3, -0.25) is 0 Å². The molecule has 1 aliphatic carbocycles. The first-order valence-corrected chi connectivity index (χ1v) is 9.20. The molecule has 0 amide bonds. The van der Waals surface area contributed by atoms with Crippen LogP contribution < -0.4 is 0 Å². The summed E-state index contributed by atoms with van der Waals surface area (Å²) in [6.07, 6.45) is 8.32. The first kappa shape index (κ1) is 16.3. The van der Waals surface area contributed by atoms with E-state index >= 15 is 0 Å². The molecule has 0 aromatic heterocycles. The summed E-state index contributed by atoms with van der Waals surface area (Å²) in [6, 6.07) is 18.1. The van der Waals surface area contributed by atoms with E-state index in [1.807, 2.05) is 0 Å². The molecule has 23 heavy (non-hydrogen) atoms. The number of benzene rings is 2. The Morgan fingerprint density at radius 2 is 1.43 bits per heavy atom. The highest BCUT2D eigenvalue weighted by Crippen LogP contribution is 2.37. The molecule has 2 aromatic carbocycles.